The maximum absolute atomic E-state index is 6.12. The molecule has 0 heterocycles. The van der Waals surface area contributed by atoms with Crippen molar-refractivity contribution >= 4 is 34.3 Å². The minimum Gasteiger partial charge on any atom is -0.0843 e. The third kappa shape index (κ3) is 2.70. The summed E-state index contributed by atoms with van der Waals surface area (Å²) in [6, 6.07) is 24.9. The highest BCUT2D eigenvalue weighted by Gasteiger charge is 2.38. The quantitative estimate of drug-likeness (QED) is 0.449. The Kier molecular flexibility index (Phi) is 3.98. The van der Waals surface area contributed by atoms with Crippen molar-refractivity contribution in [2.45, 2.75) is 19.3 Å². The van der Waals surface area contributed by atoms with Gasteiger partial charge in [-0.3, -0.25) is 0 Å². The van der Waals surface area contributed by atoms with Gasteiger partial charge in [-0.1, -0.05) is 85.6 Å². The lowest BCUT2D eigenvalue weighted by Crippen LogP contribution is -2.16. The molecule has 4 rings (SSSR count). The maximum atomic E-state index is 6.12. The zero-order valence-electron chi connectivity index (χ0n) is 14.2. The largest absolute Gasteiger partial charge is 0.0843 e. The molecule has 3 aromatic carbocycles. The molecule has 1 aliphatic carbocycles. The molecule has 0 radical (unpaired) electrons. The Morgan fingerprint density at radius 2 is 1.16 bits per heavy atom. The van der Waals surface area contributed by atoms with Crippen LogP contribution in [0.3, 0.4) is 0 Å². The van der Waals surface area contributed by atoms with Crippen molar-refractivity contribution in [3.05, 3.63) is 105 Å². The molecule has 124 valence electrons. The smallest absolute Gasteiger partial charge is 0.0406 e. The van der Waals surface area contributed by atoms with Gasteiger partial charge in [0.05, 0.1) is 0 Å². The molecule has 0 saturated heterocycles. The lowest BCUT2D eigenvalue weighted by molar-refractivity contribution is 0.704. The first-order chi connectivity index (χ1) is 12.0. The van der Waals surface area contributed by atoms with Crippen LogP contribution < -0.4 is 0 Å². The van der Waals surface area contributed by atoms with E-state index < -0.39 is 0 Å². The topological polar surface area (TPSA) is 0 Å². The minimum atomic E-state index is -0.0839. The average Bonchev–Trinajstić information content (AvgIpc) is 2.85. The third-order valence-electron chi connectivity index (χ3n) is 5.01. The predicted molar refractivity (Wildman–Crippen MR) is 108 cm³/mol. The number of benzene rings is 3. The van der Waals surface area contributed by atoms with Crippen molar-refractivity contribution < 1.29 is 0 Å². The van der Waals surface area contributed by atoms with Crippen LogP contribution in [0.5, 0.6) is 0 Å². The molecular formula is C23H18Cl2. The van der Waals surface area contributed by atoms with Crippen LogP contribution in [0.25, 0.3) is 11.1 Å². The highest BCUT2D eigenvalue weighted by Crippen LogP contribution is 2.52. The molecule has 3 aromatic rings. The van der Waals surface area contributed by atoms with Crippen molar-refractivity contribution in [1.29, 1.82) is 0 Å². The summed E-state index contributed by atoms with van der Waals surface area (Å²) < 4.78 is 0. The minimum absolute atomic E-state index is 0.0839. The van der Waals surface area contributed by atoms with Gasteiger partial charge in [-0.15, -0.1) is 0 Å². The summed E-state index contributed by atoms with van der Waals surface area (Å²) in [5, 5.41) is 1.51. The molecule has 0 amide bonds. The fourth-order valence-corrected chi connectivity index (χ4v) is 4.12. The van der Waals surface area contributed by atoms with Gasteiger partial charge < -0.3 is 0 Å². The summed E-state index contributed by atoms with van der Waals surface area (Å²) in [4.78, 5) is 0. The Morgan fingerprint density at radius 3 is 1.76 bits per heavy atom. The lowest BCUT2D eigenvalue weighted by Gasteiger charge is -2.25. The highest BCUT2D eigenvalue weighted by atomic mass is 35.5. The zero-order chi connectivity index (χ0) is 17.6. The number of hydrogen-bond donors (Lipinski definition) is 0. The maximum Gasteiger partial charge on any atom is 0.0406 e. The predicted octanol–water partition coefficient (Wildman–Crippen LogP) is 7.24. The molecule has 0 spiro atoms. The first-order valence-electron chi connectivity index (χ1n) is 8.35. The van der Waals surface area contributed by atoms with Gasteiger partial charge in [-0.2, -0.15) is 0 Å². The molecule has 0 aromatic heterocycles. The molecule has 0 fully saturated rings. The Bertz CT molecular complexity index is 962. The van der Waals surface area contributed by atoms with E-state index in [1.807, 2.05) is 24.3 Å². The van der Waals surface area contributed by atoms with Crippen LogP contribution in [0.15, 0.2) is 72.8 Å². The summed E-state index contributed by atoms with van der Waals surface area (Å²) in [6.45, 7) is 4.58. The molecule has 25 heavy (non-hydrogen) atoms. The fourth-order valence-electron chi connectivity index (χ4n) is 3.87. The van der Waals surface area contributed by atoms with Gasteiger partial charge in [0.25, 0.3) is 0 Å². The first kappa shape index (κ1) is 16.4. The highest BCUT2D eigenvalue weighted by molar-refractivity contribution is 6.31. The summed E-state index contributed by atoms with van der Waals surface area (Å²) in [7, 11) is 0. The number of hydrogen-bond acceptors (Lipinski definition) is 0. The van der Waals surface area contributed by atoms with Gasteiger partial charge in [-0.05, 0) is 57.7 Å². The molecular weight excluding hydrogens is 347 g/mol. The van der Waals surface area contributed by atoms with Gasteiger partial charge in [0.15, 0.2) is 0 Å². The van der Waals surface area contributed by atoms with Crippen LogP contribution in [-0.2, 0) is 5.41 Å². The first-order valence-corrected chi connectivity index (χ1v) is 9.10. The number of allylic oxidation sites excluding steroid dienone is 1. The Morgan fingerprint density at radius 1 is 0.640 bits per heavy atom. The number of fused-ring (bicyclic) bond motifs is 1. The van der Waals surface area contributed by atoms with Crippen LogP contribution >= 0.6 is 23.2 Å². The van der Waals surface area contributed by atoms with E-state index in [2.05, 4.69) is 62.4 Å². The third-order valence-corrected chi connectivity index (χ3v) is 5.51. The number of halogens is 2. The SMILES string of the molecule is CC1(C)C(c2ccc(Cl)cc2)=C(c2ccc(Cl)cc2)c2ccccc21. The molecule has 0 N–H and O–H groups in total. The zero-order valence-corrected chi connectivity index (χ0v) is 15.7. The Labute approximate surface area is 158 Å². The van der Waals surface area contributed by atoms with Gasteiger partial charge in [0.2, 0.25) is 0 Å². The van der Waals surface area contributed by atoms with E-state index in [1.165, 1.54) is 33.4 Å². The van der Waals surface area contributed by atoms with E-state index in [0.717, 1.165) is 10.0 Å². The summed E-state index contributed by atoms with van der Waals surface area (Å²) in [5.74, 6) is 0. The molecule has 0 saturated carbocycles. The van der Waals surface area contributed by atoms with Crippen LogP contribution in [0, 0.1) is 0 Å². The van der Waals surface area contributed by atoms with Crippen molar-refractivity contribution in [3.8, 4) is 0 Å². The molecule has 0 bridgehead atoms. The van der Waals surface area contributed by atoms with Crippen molar-refractivity contribution in [2.75, 3.05) is 0 Å². The van der Waals surface area contributed by atoms with Crippen molar-refractivity contribution in [3.63, 3.8) is 0 Å². The lowest BCUT2D eigenvalue weighted by atomic mass is 9.78. The summed E-state index contributed by atoms with van der Waals surface area (Å²) >= 11 is 12.2. The molecule has 0 unspecified atom stereocenters. The normalized spacial score (nSPS) is 15.4. The molecule has 1 aliphatic rings. The van der Waals surface area contributed by atoms with E-state index in [0.29, 0.717) is 0 Å². The van der Waals surface area contributed by atoms with Gasteiger partial charge in [0, 0.05) is 15.5 Å². The summed E-state index contributed by atoms with van der Waals surface area (Å²) in [6.07, 6.45) is 0. The van der Waals surface area contributed by atoms with Crippen LogP contribution in [-0.4, -0.2) is 0 Å². The van der Waals surface area contributed by atoms with Crippen LogP contribution in [0.4, 0.5) is 0 Å². The van der Waals surface area contributed by atoms with Gasteiger partial charge in [-0.25, -0.2) is 0 Å². The van der Waals surface area contributed by atoms with E-state index in [9.17, 15) is 0 Å². The summed E-state index contributed by atoms with van der Waals surface area (Å²) in [5.41, 5.74) is 7.55. The molecule has 2 heteroatoms. The molecule has 0 aliphatic heterocycles. The Balaban J connectivity index is 2.04. The van der Waals surface area contributed by atoms with Gasteiger partial charge >= 0.3 is 0 Å². The second kappa shape index (κ2) is 6.05. The average molecular weight is 365 g/mol. The molecule has 0 nitrogen and oxygen atoms in total. The molecule has 0 atom stereocenters. The van der Waals surface area contributed by atoms with Crippen LogP contribution in [0.2, 0.25) is 10.0 Å². The van der Waals surface area contributed by atoms with Crippen LogP contribution in [0.1, 0.15) is 36.1 Å². The van der Waals surface area contributed by atoms with E-state index in [-0.39, 0.29) is 5.41 Å². The second-order valence-corrected chi connectivity index (χ2v) is 7.81. The Hall–Kier alpha value is -2.02. The van der Waals surface area contributed by atoms with E-state index in [1.54, 1.807) is 0 Å². The van der Waals surface area contributed by atoms with Gasteiger partial charge in [0.1, 0.15) is 0 Å². The monoisotopic (exact) mass is 364 g/mol. The number of rotatable bonds is 2. The van der Waals surface area contributed by atoms with E-state index >= 15 is 0 Å². The van der Waals surface area contributed by atoms with Crippen molar-refractivity contribution in [2.24, 2.45) is 0 Å². The standard InChI is InChI=1S/C23H18Cl2/c1-23(2)20-6-4-3-5-19(20)21(15-7-11-17(24)12-8-15)22(23)16-9-13-18(25)14-10-16/h3-14H,1-2H3. The fraction of sp³-hybridized carbons (Fsp3) is 0.130. The second-order valence-electron chi connectivity index (χ2n) is 6.93. The van der Waals surface area contributed by atoms with Crippen molar-refractivity contribution in [1.82, 2.24) is 0 Å². The van der Waals surface area contributed by atoms with E-state index in [4.69, 9.17) is 23.2 Å².